The maximum absolute atomic E-state index is 15.0. The third kappa shape index (κ3) is 3.36. The summed E-state index contributed by atoms with van der Waals surface area (Å²) in [5.74, 6) is -0.649. The minimum Gasteiger partial charge on any atom is -0.338 e. The normalized spacial score (nSPS) is 27.0. The van der Waals surface area contributed by atoms with E-state index in [0.717, 1.165) is 22.8 Å². The van der Waals surface area contributed by atoms with Crippen molar-refractivity contribution in [2.45, 2.75) is 70.6 Å². The van der Waals surface area contributed by atoms with E-state index < -0.39 is 17.0 Å². The summed E-state index contributed by atoms with van der Waals surface area (Å²) in [5.41, 5.74) is -0.805. The third-order valence-electron chi connectivity index (χ3n) is 7.49. The predicted octanol–water partition coefficient (Wildman–Crippen LogP) is 3.47. The van der Waals surface area contributed by atoms with Crippen LogP contribution in [0.1, 0.15) is 67.9 Å². The van der Waals surface area contributed by atoms with E-state index in [2.05, 4.69) is 23.8 Å². The topological polar surface area (TPSA) is 71.3 Å². The van der Waals surface area contributed by atoms with Crippen LogP contribution in [0.5, 0.6) is 0 Å². The van der Waals surface area contributed by atoms with Gasteiger partial charge in [0.15, 0.2) is 5.67 Å². The third-order valence-corrected chi connectivity index (χ3v) is 8.32. The summed E-state index contributed by atoms with van der Waals surface area (Å²) < 4.78 is 17.0. The van der Waals surface area contributed by atoms with Crippen LogP contribution >= 0.6 is 11.3 Å². The van der Waals surface area contributed by atoms with Crippen LogP contribution in [-0.4, -0.2) is 61.5 Å². The van der Waals surface area contributed by atoms with Crippen molar-refractivity contribution < 1.29 is 14.0 Å². The van der Waals surface area contributed by atoms with Crippen molar-refractivity contribution >= 4 is 23.2 Å². The van der Waals surface area contributed by atoms with Gasteiger partial charge in [0.1, 0.15) is 0 Å². The molecule has 2 amide bonds. The van der Waals surface area contributed by atoms with E-state index in [0.29, 0.717) is 26.1 Å². The first kappa shape index (κ1) is 21.6. The van der Waals surface area contributed by atoms with Crippen LogP contribution < -0.4 is 0 Å². The Kier molecular flexibility index (Phi) is 5.15. The monoisotopic (exact) mass is 459 g/mol. The molecule has 4 heterocycles. The number of imidazole rings is 1. The largest absolute Gasteiger partial charge is 0.338 e. The molecule has 2 aromatic rings. The molecular weight excluding hydrogens is 429 g/mol. The van der Waals surface area contributed by atoms with Gasteiger partial charge in [0.25, 0.3) is 5.91 Å². The van der Waals surface area contributed by atoms with Crippen molar-refractivity contribution in [2.24, 2.45) is 5.41 Å². The predicted molar refractivity (Wildman–Crippen MR) is 119 cm³/mol. The van der Waals surface area contributed by atoms with Gasteiger partial charge in [-0.2, -0.15) is 0 Å². The minimum atomic E-state index is -1.76. The first-order valence-corrected chi connectivity index (χ1v) is 12.3. The fourth-order valence-electron chi connectivity index (χ4n) is 5.40. The maximum atomic E-state index is 15.0. The number of carbonyl (C=O) groups excluding carboxylic acids is 2. The SMILES string of the molecule is Cc1nc(CN2CCC3(CN(C(=O)C4(F)CCC4)CC3c3cn(C(C)C)cn3)C2=O)cs1. The highest BCUT2D eigenvalue weighted by Gasteiger charge is 2.60. The summed E-state index contributed by atoms with van der Waals surface area (Å²) in [6.45, 7) is 7.80. The molecule has 3 fully saturated rings. The van der Waals surface area contributed by atoms with Gasteiger partial charge in [0, 0.05) is 43.2 Å². The Labute approximate surface area is 191 Å². The summed E-state index contributed by atoms with van der Waals surface area (Å²) in [5, 5.41) is 2.97. The number of hydrogen-bond acceptors (Lipinski definition) is 5. The van der Waals surface area contributed by atoms with E-state index in [1.54, 1.807) is 22.6 Å². The van der Waals surface area contributed by atoms with Crippen LogP contribution in [0.25, 0.3) is 0 Å². The Hall–Kier alpha value is -2.29. The number of alkyl halides is 1. The highest BCUT2D eigenvalue weighted by atomic mass is 32.1. The average molecular weight is 460 g/mol. The van der Waals surface area contributed by atoms with Crippen LogP contribution in [0, 0.1) is 12.3 Å². The van der Waals surface area contributed by atoms with Crippen molar-refractivity contribution in [3.8, 4) is 0 Å². The smallest absolute Gasteiger partial charge is 0.260 e. The average Bonchev–Trinajstić information content (AvgIpc) is 3.50. The summed E-state index contributed by atoms with van der Waals surface area (Å²) in [6.07, 6.45) is 5.71. The lowest BCUT2D eigenvalue weighted by Gasteiger charge is -2.35. The highest BCUT2D eigenvalue weighted by molar-refractivity contribution is 7.09. The van der Waals surface area contributed by atoms with Crippen molar-refractivity contribution in [2.75, 3.05) is 19.6 Å². The van der Waals surface area contributed by atoms with E-state index in [1.807, 2.05) is 28.0 Å². The van der Waals surface area contributed by atoms with Gasteiger partial charge in [-0.25, -0.2) is 14.4 Å². The van der Waals surface area contributed by atoms with Gasteiger partial charge < -0.3 is 14.4 Å². The molecular formula is C23H30FN5O2S. The van der Waals surface area contributed by atoms with E-state index in [4.69, 9.17) is 0 Å². The molecule has 2 aliphatic heterocycles. The first-order valence-electron chi connectivity index (χ1n) is 11.4. The summed E-state index contributed by atoms with van der Waals surface area (Å²) in [4.78, 5) is 39.4. The molecule has 9 heteroatoms. The standard InChI is InChI=1S/C23H30FN5O2S/c1-15(2)29-11-19(25-14-29)18-10-28(21(31)23(24)5-4-6-23)13-22(18)7-8-27(20(22)30)9-17-12-32-16(3)26-17/h11-12,14-15,18H,4-10,13H2,1-3H3. The molecule has 2 saturated heterocycles. The number of hydrogen-bond donors (Lipinski definition) is 0. The molecule has 172 valence electrons. The van der Waals surface area contributed by atoms with E-state index in [-0.39, 0.29) is 37.3 Å². The highest BCUT2D eigenvalue weighted by Crippen LogP contribution is 2.51. The number of carbonyl (C=O) groups is 2. The molecule has 2 aromatic heterocycles. The van der Waals surface area contributed by atoms with Gasteiger partial charge in [-0.15, -0.1) is 11.3 Å². The van der Waals surface area contributed by atoms with Crippen LogP contribution in [0.15, 0.2) is 17.9 Å². The first-order chi connectivity index (χ1) is 15.2. The minimum absolute atomic E-state index is 0.0315. The zero-order valence-electron chi connectivity index (χ0n) is 18.9. The summed E-state index contributed by atoms with van der Waals surface area (Å²) >= 11 is 1.58. The van der Waals surface area contributed by atoms with Gasteiger partial charge in [-0.1, -0.05) is 0 Å². The lowest BCUT2D eigenvalue weighted by molar-refractivity contribution is -0.149. The van der Waals surface area contributed by atoms with E-state index in [9.17, 15) is 9.59 Å². The van der Waals surface area contributed by atoms with Gasteiger partial charge in [-0.3, -0.25) is 9.59 Å². The van der Waals surface area contributed by atoms with Crippen molar-refractivity contribution in [3.05, 3.63) is 34.3 Å². The molecule has 2 atom stereocenters. The lowest BCUT2D eigenvalue weighted by Crippen LogP contribution is -2.50. The molecule has 32 heavy (non-hydrogen) atoms. The number of likely N-dealkylation sites (tertiary alicyclic amines) is 2. The molecule has 1 saturated carbocycles. The lowest BCUT2D eigenvalue weighted by atomic mass is 9.75. The number of nitrogens with zero attached hydrogens (tertiary/aromatic N) is 5. The Morgan fingerprint density at radius 3 is 2.72 bits per heavy atom. The summed E-state index contributed by atoms with van der Waals surface area (Å²) in [6, 6.07) is 0.249. The van der Waals surface area contributed by atoms with Crippen molar-refractivity contribution in [1.29, 1.82) is 0 Å². The molecule has 5 rings (SSSR count). The van der Waals surface area contributed by atoms with Crippen LogP contribution in [0.4, 0.5) is 4.39 Å². The molecule has 0 N–H and O–H groups in total. The Morgan fingerprint density at radius 1 is 1.34 bits per heavy atom. The van der Waals surface area contributed by atoms with E-state index in [1.165, 1.54) is 0 Å². The van der Waals surface area contributed by atoms with Gasteiger partial charge >= 0.3 is 0 Å². The van der Waals surface area contributed by atoms with Gasteiger partial charge in [0.05, 0.1) is 34.7 Å². The summed E-state index contributed by atoms with van der Waals surface area (Å²) in [7, 11) is 0. The number of thiazole rings is 1. The molecule has 0 bridgehead atoms. The van der Waals surface area contributed by atoms with Crippen molar-refractivity contribution in [3.63, 3.8) is 0 Å². The number of aryl methyl sites for hydroxylation is 1. The second kappa shape index (κ2) is 7.64. The quantitative estimate of drug-likeness (QED) is 0.687. The number of aromatic nitrogens is 3. The maximum Gasteiger partial charge on any atom is 0.260 e. The molecule has 2 unspecified atom stereocenters. The van der Waals surface area contributed by atoms with Gasteiger partial charge in [0.2, 0.25) is 5.91 Å². The van der Waals surface area contributed by atoms with E-state index >= 15 is 4.39 Å². The molecule has 0 radical (unpaired) electrons. The number of rotatable bonds is 5. The zero-order valence-corrected chi connectivity index (χ0v) is 19.7. The molecule has 7 nitrogen and oxygen atoms in total. The molecule has 0 aromatic carbocycles. The fourth-order valence-corrected chi connectivity index (χ4v) is 6.00. The molecule has 3 aliphatic rings. The zero-order chi connectivity index (χ0) is 22.7. The Balaban J connectivity index is 1.45. The van der Waals surface area contributed by atoms with Crippen molar-refractivity contribution in [1.82, 2.24) is 24.3 Å². The second-order valence-corrected chi connectivity index (χ2v) is 10.9. The Bertz CT molecular complexity index is 1040. The molecule has 1 aliphatic carbocycles. The number of halogens is 1. The number of amides is 2. The fraction of sp³-hybridized carbons (Fsp3) is 0.652. The molecule has 1 spiro atoms. The Morgan fingerprint density at radius 2 is 2.12 bits per heavy atom. The van der Waals surface area contributed by atoms with Crippen LogP contribution in [-0.2, 0) is 16.1 Å². The van der Waals surface area contributed by atoms with Gasteiger partial charge in [-0.05, 0) is 46.5 Å². The van der Waals surface area contributed by atoms with Crippen LogP contribution in [0.2, 0.25) is 0 Å². The second-order valence-electron chi connectivity index (χ2n) is 9.89. The van der Waals surface area contributed by atoms with Crippen LogP contribution in [0.3, 0.4) is 0 Å².